The van der Waals surface area contributed by atoms with Crippen molar-refractivity contribution in [2.75, 3.05) is 20.2 Å². The van der Waals surface area contributed by atoms with E-state index >= 15 is 0 Å². The Kier molecular flexibility index (Phi) is 9.14. The molecule has 5 atom stereocenters. The van der Waals surface area contributed by atoms with E-state index in [0.717, 1.165) is 24.3 Å². The second kappa shape index (κ2) is 12.3. The number of hydrogen-bond acceptors (Lipinski definition) is 4. The number of hydrogen-bond donors (Lipinski definition) is 2. The summed E-state index contributed by atoms with van der Waals surface area (Å²) in [6.07, 6.45) is 0.893. The van der Waals surface area contributed by atoms with Crippen molar-refractivity contribution >= 4 is 18.4 Å². The number of fused-ring (bicyclic) bond motifs is 3. The standard InChI is InChI=1S/C32H38N2O3.ClH/c1-21(2)24-14-15-28(37-3)25(18-24)19-33-30-26-16-17-34(20-27(26)32(35)36)31(30)29(22-10-6-4-7-11-22)23-12-8-5-9-13-23;/h4-15,18,21,26-27,29-31,33H,16-17,19-20H2,1-3H3,(H,35,36);1H/t26-,27-,30-,31+;/m0./s1. The van der Waals surface area contributed by atoms with Gasteiger partial charge in [-0.05, 0) is 47.6 Å². The molecule has 202 valence electrons. The van der Waals surface area contributed by atoms with Crippen molar-refractivity contribution in [3.8, 4) is 5.75 Å². The Bertz CT molecular complexity index is 1160. The first kappa shape index (κ1) is 28.2. The normalized spacial score (nSPS) is 24.3. The molecule has 0 radical (unpaired) electrons. The summed E-state index contributed by atoms with van der Waals surface area (Å²) in [7, 11) is 1.71. The van der Waals surface area contributed by atoms with Gasteiger partial charge in [0.15, 0.2) is 0 Å². The van der Waals surface area contributed by atoms with E-state index in [1.54, 1.807) is 7.11 Å². The third kappa shape index (κ3) is 5.61. The van der Waals surface area contributed by atoms with Crippen LogP contribution in [0.5, 0.6) is 5.75 Å². The largest absolute Gasteiger partial charge is 0.496 e. The predicted molar refractivity (Wildman–Crippen MR) is 154 cm³/mol. The molecule has 0 saturated carbocycles. The number of carboxylic acids is 1. The molecule has 5 nitrogen and oxygen atoms in total. The van der Waals surface area contributed by atoms with Crippen LogP contribution in [0.25, 0.3) is 0 Å². The molecule has 3 aromatic carbocycles. The zero-order valence-corrected chi connectivity index (χ0v) is 23.2. The topological polar surface area (TPSA) is 61.8 Å². The fraction of sp³-hybridized carbons (Fsp3) is 0.406. The Balaban J connectivity index is 0.00000336. The number of halogens is 1. The third-order valence-electron chi connectivity index (χ3n) is 8.42. The van der Waals surface area contributed by atoms with Crippen LogP contribution in [-0.2, 0) is 11.3 Å². The van der Waals surface area contributed by atoms with Gasteiger partial charge in [0.25, 0.3) is 0 Å². The number of methoxy groups -OCH3 is 1. The van der Waals surface area contributed by atoms with Gasteiger partial charge < -0.3 is 15.2 Å². The van der Waals surface area contributed by atoms with Crippen LogP contribution in [0.4, 0.5) is 0 Å². The Hall–Kier alpha value is -2.86. The van der Waals surface area contributed by atoms with Gasteiger partial charge in [-0.15, -0.1) is 12.4 Å². The van der Waals surface area contributed by atoms with Crippen LogP contribution in [0.2, 0.25) is 0 Å². The Labute approximate surface area is 232 Å². The van der Waals surface area contributed by atoms with Crippen molar-refractivity contribution in [2.24, 2.45) is 11.8 Å². The maximum atomic E-state index is 12.3. The summed E-state index contributed by atoms with van der Waals surface area (Å²) in [4.78, 5) is 14.8. The lowest BCUT2D eigenvalue weighted by atomic mass is 9.66. The highest BCUT2D eigenvalue weighted by atomic mass is 35.5. The van der Waals surface area contributed by atoms with Crippen LogP contribution < -0.4 is 10.1 Å². The molecule has 2 bridgehead atoms. The number of piperidine rings is 3. The molecule has 0 spiro atoms. The lowest BCUT2D eigenvalue weighted by Gasteiger charge is -2.56. The van der Waals surface area contributed by atoms with E-state index in [9.17, 15) is 9.90 Å². The van der Waals surface area contributed by atoms with Gasteiger partial charge in [0.1, 0.15) is 5.75 Å². The van der Waals surface area contributed by atoms with Crippen LogP contribution in [0.15, 0.2) is 78.9 Å². The van der Waals surface area contributed by atoms with E-state index < -0.39 is 5.97 Å². The highest BCUT2D eigenvalue weighted by Crippen LogP contribution is 2.44. The summed E-state index contributed by atoms with van der Waals surface area (Å²) >= 11 is 0. The third-order valence-corrected chi connectivity index (χ3v) is 8.42. The Morgan fingerprint density at radius 1 is 1.00 bits per heavy atom. The highest BCUT2D eigenvalue weighted by molar-refractivity contribution is 5.85. The van der Waals surface area contributed by atoms with E-state index in [4.69, 9.17) is 4.74 Å². The van der Waals surface area contributed by atoms with Gasteiger partial charge in [0.2, 0.25) is 0 Å². The van der Waals surface area contributed by atoms with Gasteiger partial charge in [0.05, 0.1) is 13.0 Å². The van der Waals surface area contributed by atoms with Crippen molar-refractivity contribution in [3.05, 3.63) is 101 Å². The van der Waals surface area contributed by atoms with Crippen LogP contribution >= 0.6 is 12.4 Å². The maximum absolute atomic E-state index is 12.3. The van der Waals surface area contributed by atoms with E-state index in [1.807, 2.05) is 0 Å². The second-order valence-electron chi connectivity index (χ2n) is 10.8. The number of nitrogens with zero attached hydrogens (tertiary/aromatic N) is 1. The number of carboxylic acid groups (broad SMARTS) is 1. The molecule has 6 rings (SSSR count). The monoisotopic (exact) mass is 534 g/mol. The molecule has 0 amide bonds. The summed E-state index contributed by atoms with van der Waals surface area (Å²) in [5.41, 5.74) is 4.93. The minimum atomic E-state index is -0.685. The van der Waals surface area contributed by atoms with E-state index in [0.29, 0.717) is 19.0 Å². The SMILES string of the molecule is COc1ccc(C(C)C)cc1CN[C@H]1[C@H]2CCN(C[C@@H]2C(=O)O)[C@@H]1C(c1ccccc1)c1ccccc1.Cl. The molecule has 3 saturated heterocycles. The average molecular weight is 535 g/mol. The number of benzene rings is 3. The van der Waals surface area contributed by atoms with Crippen LogP contribution in [0.1, 0.15) is 54.4 Å². The zero-order chi connectivity index (χ0) is 25.9. The average Bonchev–Trinajstić information content (AvgIpc) is 2.93. The first-order valence-electron chi connectivity index (χ1n) is 13.4. The van der Waals surface area contributed by atoms with E-state index in [1.165, 1.54) is 16.7 Å². The van der Waals surface area contributed by atoms with Crippen molar-refractivity contribution in [1.29, 1.82) is 0 Å². The molecule has 3 aliphatic heterocycles. The van der Waals surface area contributed by atoms with Gasteiger partial charge in [-0.3, -0.25) is 9.69 Å². The first-order chi connectivity index (χ1) is 18.0. The molecular weight excluding hydrogens is 496 g/mol. The van der Waals surface area contributed by atoms with Crippen LogP contribution in [0, 0.1) is 11.8 Å². The zero-order valence-electron chi connectivity index (χ0n) is 22.4. The fourth-order valence-electron chi connectivity index (χ4n) is 6.56. The number of ether oxygens (including phenoxy) is 1. The van der Waals surface area contributed by atoms with Gasteiger partial charge >= 0.3 is 5.97 Å². The molecule has 1 unspecified atom stereocenters. The van der Waals surface area contributed by atoms with Crippen LogP contribution in [0.3, 0.4) is 0 Å². The molecule has 3 aliphatic rings. The van der Waals surface area contributed by atoms with Crippen molar-refractivity contribution < 1.29 is 14.6 Å². The van der Waals surface area contributed by atoms with Gasteiger partial charge in [0, 0.05) is 36.7 Å². The number of carbonyl (C=O) groups is 1. The Morgan fingerprint density at radius 2 is 1.63 bits per heavy atom. The summed E-state index contributed by atoms with van der Waals surface area (Å²) < 4.78 is 5.71. The van der Waals surface area contributed by atoms with Crippen molar-refractivity contribution in [2.45, 2.75) is 50.7 Å². The minimum absolute atomic E-state index is 0. The van der Waals surface area contributed by atoms with Gasteiger partial charge in [-0.2, -0.15) is 0 Å². The maximum Gasteiger partial charge on any atom is 0.308 e. The van der Waals surface area contributed by atoms with Crippen molar-refractivity contribution in [1.82, 2.24) is 10.2 Å². The molecule has 3 aromatic rings. The summed E-state index contributed by atoms with van der Waals surface area (Å²) in [5.74, 6) is 0.454. The van der Waals surface area contributed by atoms with Gasteiger partial charge in [-0.1, -0.05) is 86.6 Å². The van der Waals surface area contributed by atoms with Crippen LogP contribution in [-0.4, -0.2) is 48.3 Å². The quantitative estimate of drug-likeness (QED) is 0.356. The summed E-state index contributed by atoms with van der Waals surface area (Å²) in [6.45, 7) is 6.57. The lowest BCUT2D eigenvalue weighted by molar-refractivity contribution is -0.152. The molecule has 2 N–H and O–H groups in total. The lowest BCUT2D eigenvalue weighted by Crippen LogP contribution is -2.68. The highest BCUT2D eigenvalue weighted by Gasteiger charge is 2.52. The first-order valence-corrected chi connectivity index (χ1v) is 13.4. The fourth-order valence-corrected chi connectivity index (χ4v) is 6.56. The number of aliphatic carboxylic acids is 1. The minimum Gasteiger partial charge on any atom is -0.496 e. The van der Waals surface area contributed by atoms with Gasteiger partial charge in [-0.25, -0.2) is 0 Å². The molecule has 3 heterocycles. The number of rotatable bonds is 9. The second-order valence-corrected chi connectivity index (χ2v) is 10.8. The Morgan fingerprint density at radius 3 is 2.18 bits per heavy atom. The van der Waals surface area contributed by atoms with E-state index in [2.05, 4.69) is 103 Å². The number of nitrogens with one attached hydrogen (secondary N) is 1. The molecule has 38 heavy (non-hydrogen) atoms. The smallest absolute Gasteiger partial charge is 0.308 e. The molecule has 6 heteroatoms. The molecular formula is C32H39ClN2O3. The summed E-state index contributed by atoms with van der Waals surface area (Å²) in [5, 5.41) is 14.0. The molecule has 0 aromatic heterocycles. The molecule has 0 aliphatic carbocycles. The predicted octanol–water partition coefficient (Wildman–Crippen LogP) is 5.94. The van der Waals surface area contributed by atoms with Crippen molar-refractivity contribution in [3.63, 3.8) is 0 Å². The van der Waals surface area contributed by atoms with E-state index in [-0.39, 0.29) is 42.2 Å². The summed E-state index contributed by atoms with van der Waals surface area (Å²) in [6, 6.07) is 28.0. The molecule has 3 fully saturated rings.